The highest BCUT2D eigenvalue weighted by molar-refractivity contribution is 7.95. The largest absolute Gasteiger partial charge is 0.280 e. The molecule has 0 radical (unpaired) electrons. The number of anilines is 1. The molecule has 0 aromatic heterocycles. The van der Waals surface area contributed by atoms with Crippen LogP contribution in [0.1, 0.15) is 16.7 Å². The molecular weight excluding hydrogens is 282 g/mol. The van der Waals surface area contributed by atoms with Crippen molar-refractivity contribution < 1.29 is 8.42 Å². The number of aryl methyl sites for hydroxylation is 1. The maximum absolute atomic E-state index is 12.0. The highest BCUT2D eigenvalue weighted by atomic mass is 32.2. The summed E-state index contributed by atoms with van der Waals surface area (Å²) in [6.07, 6.45) is 6.84. The lowest BCUT2D eigenvalue weighted by Gasteiger charge is -2.04. The predicted molar refractivity (Wildman–Crippen MR) is 87.1 cm³/mol. The van der Waals surface area contributed by atoms with Crippen molar-refractivity contribution >= 4 is 21.8 Å². The van der Waals surface area contributed by atoms with E-state index in [1.165, 1.54) is 0 Å². The van der Waals surface area contributed by atoms with Crippen LogP contribution in [0.3, 0.4) is 0 Å². The van der Waals surface area contributed by atoms with E-state index in [0.29, 0.717) is 11.3 Å². The van der Waals surface area contributed by atoms with Gasteiger partial charge < -0.3 is 0 Å². The topological polar surface area (TPSA) is 46.2 Å². The van der Waals surface area contributed by atoms with Gasteiger partial charge in [0.2, 0.25) is 0 Å². The summed E-state index contributed by atoms with van der Waals surface area (Å²) in [5.41, 5.74) is 3.01. The summed E-state index contributed by atoms with van der Waals surface area (Å²) in [4.78, 5) is 0. The Bertz CT molecular complexity index is 797. The van der Waals surface area contributed by atoms with Crippen LogP contribution in [0.4, 0.5) is 5.69 Å². The second kappa shape index (κ2) is 6.29. The minimum absolute atomic E-state index is 0.444. The normalized spacial score (nSPS) is 11.2. The minimum atomic E-state index is -3.57. The lowest BCUT2D eigenvalue weighted by atomic mass is 10.2. The third-order valence-electron chi connectivity index (χ3n) is 2.81. The van der Waals surface area contributed by atoms with Gasteiger partial charge in [0.25, 0.3) is 10.0 Å². The Morgan fingerprint density at radius 2 is 1.86 bits per heavy atom. The van der Waals surface area contributed by atoms with E-state index in [0.717, 1.165) is 16.5 Å². The van der Waals surface area contributed by atoms with E-state index < -0.39 is 10.0 Å². The lowest BCUT2D eigenvalue weighted by Crippen LogP contribution is -2.08. The van der Waals surface area contributed by atoms with Gasteiger partial charge in [0, 0.05) is 5.56 Å². The number of nitrogens with one attached hydrogen (secondary N) is 1. The van der Waals surface area contributed by atoms with Gasteiger partial charge in [0.1, 0.15) is 0 Å². The maximum atomic E-state index is 12.0. The van der Waals surface area contributed by atoms with Gasteiger partial charge in [-0.15, -0.1) is 6.42 Å². The molecule has 2 aromatic carbocycles. The Labute approximate surface area is 125 Å². The smallest absolute Gasteiger partial charge is 0.255 e. The van der Waals surface area contributed by atoms with E-state index in [4.69, 9.17) is 6.42 Å². The van der Waals surface area contributed by atoms with Crippen LogP contribution in [0, 0.1) is 19.3 Å². The molecule has 0 aliphatic rings. The van der Waals surface area contributed by atoms with E-state index in [1.54, 1.807) is 30.3 Å². The van der Waals surface area contributed by atoms with Gasteiger partial charge in [0.15, 0.2) is 0 Å². The third-order valence-corrected chi connectivity index (χ3v) is 3.82. The van der Waals surface area contributed by atoms with E-state index in [9.17, 15) is 8.42 Å². The van der Waals surface area contributed by atoms with Crippen molar-refractivity contribution in [3.63, 3.8) is 0 Å². The second-order valence-corrected chi connectivity index (χ2v) is 6.15. The Balaban J connectivity index is 2.15. The van der Waals surface area contributed by atoms with Crippen molar-refractivity contribution in [1.29, 1.82) is 0 Å². The van der Waals surface area contributed by atoms with Crippen molar-refractivity contribution in [2.24, 2.45) is 0 Å². The van der Waals surface area contributed by atoms with Gasteiger partial charge >= 0.3 is 0 Å². The molecular formula is C17H15NO2S. The number of hydrogen-bond acceptors (Lipinski definition) is 2. The van der Waals surface area contributed by atoms with Crippen molar-refractivity contribution in [1.82, 2.24) is 0 Å². The number of benzene rings is 2. The first-order valence-electron chi connectivity index (χ1n) is 6.33. The predicted octanol–water partition coefficient (Wildman–Crippen LogP) is 3.39. The molecule has 0 heterocycles. The number of hydrogen-bond donors (Lipinski definition) is 1. The first kappa shape index (κ1) is 14.9. The SMILES string of the molecule is C#Cc1cccc(NS(=O)(=O)/C=C/c2ccc(C)cc2)c1. The molecule has 0 bridgehead atoms. The summed E-state index contributed by atoms with van der Waals surface area (Å²) in [5.74, 6) is 2.46. The second-order valence-electron chi connectivity index (χ2n) is 4.59. The Hall–Kier alpha value is -2.51. The molecule has 0 amide bonds. The Kier molecular flexibility index (Phi) is 4.46. The fourth-order valence-electron chi connectivity index (χ4n) is 1.72. The molecule has 0 saturated heterocycles. The van der Waals surface area contributed by atoms with Gasteiger partial charge in [-0.1, -0.05) is 41.8 Å². The van der Waals surface area contributed by atoms with Crippen LogP contribution in [0.5, 0.6) is 0 Å². The zero-order valence-corrected chi connectivity index (χ0v) is 12.4. The zero-order chi connectivity index (χ0) is 15.3. The van der Waals surface area contributed by atoms with Crippen molar-refractivity contribution in [2.45, 2.75) is 6.92 Å². The van der Waals surface area contributed by atoms with Crippen molar-refractivity contribution in [3.8, 4) is 12.3 Å². The standard InChI is InChI=1S/C17H15NO2S/c1-3-15-5-4-6-17(13-15)18-21(19,20)12-11-16-9-7-14(2)8-10-16/h1,4-13,18H,2H3/b12-11+. The van der Waals surface area contributed by atoms with Crippen molar-refractivity contribution in [2.75, 3.05) is 4.72 Å². The van der Waals surface area contributed by atoms with E-state index in [-0.39, 0.29) is 0 Å². The van der Waals surface area contributed by atoms with Gasteiger partial charge in [-0.05, 0) is 36.8 Å². The molecule has 4 heteroatoms. The zero-order valence-electron chi connectivity index (χ0n) is 11.6. The highest BCUT2D eigenvalue weighted by Crippen LogP contribution is 2.13. The number of rotatable bonds is 4. The molecule has 106 valence electrons. The summed E-state index contributed by atoms with van der Waals surface area (Å²) < 4.78 is 26.4. The molecule has 2 aromatic rings. The molecule has 21 heavy (non-hydrogen) atoms. The van der Waals surface area contributed by atoms with E-state index in [1.807, 2.05) is 31.2 Å². The molecule has 1 N–H and O–H groups in total. The summed E-state index contributed by atoms with van der Waals surface area (Å²) in [6, 6.07) is 14.3. The molecule has 0 saturated carbocycles. The molecule has 0 aliphatic carbocycles. The van der Waals surface area contributed by atoms with Gasteiger partial charge in [-0.25, -0.2) is 8.42 Å². The van der Waals surface area contributed by atoms with Gasteiger partial charge in [0.05, 0.1) is 11.1 Å². The van der Waals surface area contributed by atoms with Crippen LogP contribution in [0.2, 0.25) is 0 Å². The minimum Gasteiger partial charge on any atom is -0.280 e. The Morgan fingerprint density at radius 3 is 2.52 bits per heavy atom. The van der Waals surface area contributed by atoms with Crippen molar-refractivity contribution in [3.05, 3.63) is 70.6 Å². The van der Waals surface area contributed by atoms with E-state index >= 15 is 0 Å². The fourth-order valence-corrected chi connectivity index (χ4v) is 2.58. The van der Waals surface area contributed by atoms with E-state index in [2.05, 4.69) is 10.6 Å². The molecule has 2 rings (SSSR count). The third kappa shape index (κ3) is 4.51. The fraction of sp³-hybridized carbons (Fsp3) is 0.0588. The molecule has 3 nitrogen and oxygen atoms in total. The molecule has 0 atom stereocenters. The van der Waals surface area contributed by atoms with Crippen LogP contribution < -0.4 is 4.72 Å². The van der Waals surface area contributed by atoms with Crippen LogP contribution in [0.25, 0.3) is 6.08 Å². The van der Waals surface area contributed by atoms with Gasteiger partial charge in [-0.2, -0.15) is 0 Å². The first-order valence-corrected chi connectivity index (χ1v) is 7.87. The first-order chi connectivity index (χ1) is 9.98. The maximum Gasteiger partial charge on any atom is 0.255 e. The summed E-state index contributed by atoms with van der Waals surface area (Å²) in [5, 5.41) is 1.14. The van der Waals surface area contributed by atoms with Crippen LogP contribution >= 0.6 is 0 Å². The summed E-state index contributed by atoms with van der Waals surface area (Å²) >= 11 is 0. The molecule has 0 fully saturated rings. The Morgan fingerprint density at radius 1 is 1.14 bits per heavy atom. The highest BCUT2D eigenvalue weighted by Gasteiger charge is 2.05. The summed E-state index contributed by atoms with van der Waals surface area (Å²) in [6.45, 7) is 1.98. The van der Waals surface area contributed by atoms with Crippen LogP contribution in [-0.4, -0.2) is 8.42 Å². The average Bonchev–Trinajstić information content (AvgIpc) is 2.46. The average molecular weight is 297 g/mol. The summed E-state index contributed by atoms with van der Waals surface area (Å²) in [7, 11) is -3.57. The number of terminal acetylenes is 1. The van der Waals surface area contributed by atoms with Gasteiger partial charge in [-0.3, -0.25) is 4.72 Å². The monoisotopic (exact) mass is 297 g/mol. The molecule has 0 spiro atoms. The number of sulfonamides is 1. The molecule has 0 aliphatic heterocycles. The van der Waals surface area contributed by atoms with Crippen LogP contribution in [0.15, 0.2) is 53.9 Å². The molecule has 0 unspecified atom stereocenters. The lowest BCUT2D eigenvalue weighted by molar-refractivity contribution is 0.609. The quantitative estimate of drug-likeness (QED) is 0.879. The van der Waals surface area contributed by atoms with Crippen LogP contribution in [-0.2, 0) is 10.0 Å².